The molecule has 0 bridgehead atoms. The Morgan fingerprint density at radius 3 is 2.26 bits per heavy atom. The summed E-state index contributed by atoms with van der Waals surface area (Å²) < 4.78 is 1.87. The van der Waals surface area contributed by atoms with E-state index >= 15 is 0 Å². The van der Waals surface area contributed by atoms with E-state index in [1.807, 2.05) is 72.3 Å². The number of anilines is 1. The van der Waals surface area contributed by atoms with Gasteiger partial charge in [-0.1, -0.05) is 42.5 Å². The van der Waals surface area contributed by atoms with Crippen molar-refractivity contribution in [2.45, 2.75) is 19.6 Å². The lowest BCUT2D eigenvalue weighted by Gasteiger charge is -2.13. The Balaban J connectivity index is 1.42. The van der Waals surface area contributed by atoms with Crippen molar-refractivity contribution in [2.75, 3.05) is 19.0 Å². The molecule has 1 heterocycles. The summed E-state index contributed by atoms with van der Waals surface area (Å²) in [5, 5.41) is 10.1. The minimum Gasteiger partial charge on any atom is -0.378 e. The van der Waals surface area contributed by atoms with E-state index in [1.54, 1.807) is 6.20 Å². The van der Waals surface area contributed by atoms with E-state index in [-0.39, 0.29) is 6.03 Å². The van der Waals surface area contributed by atoms with Crippen molar-refractivity contribution >= 4 is 11.7 Å². The number of benzene rings is 2. The van der Waals surface area contributed by atoms with Gasteiger partial charge in [0.15, 0.2) is 0 Å². The highest BCUT2D eigenvalue weighted by Gasteiger charge is 2.04. The van der Waals surface area contributed by atoms with E-state index in [0.717, 1.165) is 23.4 Å². The molecule has 0 aliphatic heterocycles. The zero-order valence-corrected chi connectivity index (χ0v) is 15.7. The summed E-state index contributed by atoms with van der Waals surface area (Å²) in [5.41, 5.74) is 4.36. The van der Waals surface area contributed by atoms with Gasteiger partial charge >= 0.3 is 6.03 Å². The average molecular weight is 363 g/mol. The number of aromatic nitrogens is 2. The van der Waals surface area contributed by atoms with Gasteiger partial charge in [0.05, 0.1) is 12.7 Å². The normalized spacial score (nSPS) is 10.4. The fourth-order valence-corrected chi connectivity index (χ4v) is 2.69. The van der Waals surface area contributed by atoms with Crippen molar-refractivity contribution in [1.29, 1.82) is 0 Å². The lowest BCUT2D eigenvalue weighted by atomic mass is 10.2. The number of amides is 2. The zero-order valence-electron chi connectivity index (χ0n) is 15.7. The second-order valence-corrected chi connectivity index (χ2v) is 6.63. The molecule has 0 spiro atoms. The Bertz CT molecular complexity index is 856. The van der Waals surface area contributed by atoms with Gasteiger partial charge in [-0.3, -0.25) is 4.68 Å². The predicted octanol–water partition coefficient (Wildman–Crippen LogP) is 3.00. The highest BCUT2D eigenvalue weighted by Crippen LogP contribution is 2.12. The lowest BCUT2D eigenvalue weighted by molar-refractivity contribution is 0.240. The van der Waals surface area contributed by atoms with Gasteiger partial charge in [-0.05, 0) is 23.3 Å². The monoisotopic (exact) mass is 363 g/mol. The van der Waals surface area contributed by atoms with Gasteiger partial charge in [-0.25, -0.2) is 4.79 Å². The highest BCUT2D eigenvalue weighted by atomic mass is 16.2. The molecule has 0 fully saturated rings. The first kappa shape index (κ1) is 18.5. The van der Waals surface area contributed by atoms with Gasteiger partial charge in [0.2, 0.25) is 0 Å². The molecule has 0 atom stereocenters. The van der Waals surface area contributed by atoms with E-state index in [4.69, 9.17) is 0 Å². The molecule has 6 nitrogen and oxygen atoms in total. The smallest absolute Gasteiger partial charge is 0.315 e. The van der Waals surface area contributed by atoms with E-state index in [9.17, 15) is 4.79 Å². The van der Waals surface area contributed by atoms with E-state index in [1.165, 1.54) is 5.56 Å². The summed E-state index contributed by atoms with van der Waals surface area (Å²) in [7, 11) is 4.01. The van der Waals surface area contributed by atoms with Crippen LogP contribution in [0.4, 0.5) is 10.5 Å². The molecule has 0 aliphatic rings. The first-order valence-corrected chi connectivity index (χ1v) is 8.93. The first-order chi connectivity index (χ1) is 13.1. The largest absolute Gasteiger partial charge is 0.378 e. The van der Waals surface area contributed by atoms with Crippen molar-refractivity contribution in [3.8, 4) is 0 Å². The van der Waals surface area contributed by atoms with Crippen LogP contribution in [0.15, 0.2) is 67.0 Å². The molecule has 0 unspecified atom stereocenters. The molecular formula is C21H25N5O. The van der Waals surface area contributed by atoms with Gasteiger partial charge in [0.25, 0.3) is 0 Å². The van der Waals surface area contributed by atoms with E-state index in [2.05, 4.69) is 27.9 Å². The van der Waals surface area contributed by atoms with Crippen molar-refractivity contribution < 1.29 is 4.79 Å². The number of carbonyl (C=O) groups excluding carboxylic acids is 1. The Labute approximate surface area is 159 Å². The van der Waals surface area contributed by atoms with Crippen LogP contribution in [-0.4, -0.2) is 29.9 Å². The SMILES string of the molecule is CN(C)c1ccc(CNC(=O)NCc2cnn(Cc3ccccc3)c2)cc1. The minimum atomic E-state index is -0.192. The van der Waals surface area contributed by atoms with Crippen molar-refractivity contribution in [1.82, 2.24) is 20.4 Å². The van der Waals surface area contributed by atoms with Crippen molar-refractivity contribution in [3.05, 3.63) is 83.7 Å². The molecular weight excluding hydrogens is 338 g/mol. The third-order valence-corrected chi connectivity index (χ3v) is 4.23. The Morgan fingerprint density at radius 1 is 0.926 bits per heavy atom. The van der Waals surface area contributed by atoms with Gasteiger partial charge in [-0.2, -0.15) is 5.10 Å². The second-order valence-electron chi connectivity index (χ2n) is 6.63. The van der Waals surface area contributed by atoms with Crippen LogP contribution >= 0.6 is 0 Å². The van der Waals surface area contributed by atoms with Crippen LogP contribution in [0, 0.1) is 0 Å². The molecule has 0 saturated carbocycles. The number of nitrogens with one attached hydrogen (secondary N) is 2. The molecule has 0 radical (unpaired) electrons. The molecule has 27 heavy (non-hydrogen) atoms. The molecule has 1 aromatic heterocycles. The number of rotatable bonds is 7. The van der Waals surface area contributed by atoms with Crippen LogP contribution in [0.25, 0.3) is 0 Å². The molecule has 2 N–H and O–H groups in total. The molecule has 140 valence electrons. The van der Waals surface area contributed by atoms with Crippen LogP contribution < -0.4 is 15.5 Å². The molecule has 6 heteroatoms. The summed E-state index contributed by atoms with van der Waals surface area (Å²) in [6.45, 7) is 1.66. The van der Waals surface area contributed by atoms with Crippen LogP contribution in [0.2, 0.25) is 0 Å². The molecule has 0 saturated heterocycles. The maximum atomic E-state index is 12.0. The van der Waals surface area contributed by atoms with Crippen LogP contribution in [0.5, 0.6) is 0 Å². The topological polar surface area (TPSA) is 62.2 Å². The number of nitrogens with zero attached hydrogens (tertiary/aromatic N) is 3. The average Bonchev–Trinajstić information content (AvgIpc) is 3.13. The molecule has 3 rings (SSSR count). The highest BCUT2D eigenvalue weighted by molar-refractivity contribution is 5.73. The van der Waals surface area contributed by atoms with Crippen LogP contribution in [0.3, 0.4) is 0 Å². The number of hydrogen-bond donors (Lipinski definition) is 2. The first-order valence-electron chi connectivity index (χ1n) is 8.93. The summed E-state index contributed by atoms with van der Waals surface area (Å²) in [6, 6.07) is 18.1. The van der Waals surface area contributed by atoms with Crippen LogP contribution in [-0.2, 0) is 19.6 Å². The Hall–Kier alpha value is -3.28. The Kier molecular flexibility index (Phi) is 6.10. The number of hydrogen-bond acceptors (Lipinski definition) is 3. The summed E-state index contributed by atoms with van der Waals surface area (Å²) in [5.74, 6) is 0. The van der Waals surface area contributed by atoms with E-state index < -0.39 is 0 Å². The predicted molar refractivity (Wildman–Crippen MR) is 108 cm³/mol. The maximum absolute atomic E-state index is 12.0. The van der Waals surface area contributed by atoms with Gasteiger partial charge < -0.3 is 15.5 Å². The fraction of sp³-hybridized carbons (Fsp3) is 0.238. The fourth-order valence-electron chi connectivity index (χ4n) is 2.69. The number of carbonyl (C=O) groups is 1. The minimum absolute atomic E-state index is 0.192. The summed E-state index contributed by atoms with van der Waals surface area (Å²) in [4.78, 5) is 14.0. The van der Waals surface area contributed by atoms with Gasteiger partial charge in [0, 0.05) is 44.6 Å². The third kappa shape index (κ3) is 5.60. The number of urea groups is 1. The zero-order chi connectivity index (χ0) is 19.1. The lowest BCUT2D eigenvalue weighted by Crippen LogP contribution is -2.34. The van der Waals surface area contributed by atoms with Crippen molar-refractivity contribution in [3.63, 3.8) is 0 Å². The maximum Gasteiger partial charge on any atom is 0.315 e. The van der Waals surface area contributed by atoms with Gasteiger partial charge in [-0.15, -0.1) is 0 Å². The molecule has 0 aliphatic carbocycles. The summed E-state index contributed by atoms with van der Waals surface area (Å²) >= 11 is 0. The standard InChI is InChI=1S/C21H25N5O/c1-25(2)20-10-8-17(9-11-20)12-22-21(27)23-13-19-14-24-26(16-19)15-18-6-4-3-5-7-18/h3-11,14,16H,12-13,15H2,1-2H3,(H2,22,23,27). The second kappa shape index (κ2) is 8.89. The van der Waals surface area contributed by atoms with E-state index in [0.29, 0.717) is 13.1 Å². The molecule has 2 aromatic carbocycles. The molecule has 3 aromatic rings. The third-order valence-electron chi connectivity index (χ3n) is 4.23. The summed E-state index contributed by atoms with van der Waals surface area (Å²) in [6.07, 6.45) is 3.73. The molecule has 2 amide bonds. The quantitative estimate of drug-likeness (QED) is 0.678. The van der Waals surface area contributed by atoms with Gasteiger partial charge in [0.1, 0.15) is 0 Å². The van der Waals surface area contributed by atoms with Crippen LogP contribution in [0.1, 0.15) is 16.7 Å². The van der Waals surface area contributed by atoms with Crippen molar-refractivity contribution in [2.24, 2.45) is 0 Å². The Morgan fingerprint density at radius 2 is 1.59 bits per heavy atom.